The molecule has 1 unspecified atom stereocenters. The van der Waals surface area contributed by atoms with Crippen molar-refractivity contribution in [3.05, 3.63) is 52.8 Å². The second-order valence-corrected chi connectivity index (χ2v) is 5.13. The quantitative estimate of drug-likeness (QED) is 0.682. The van der Waals surface area contributed by atoms with Gasteiger partial charge in [0.1, 0.15) is 11.7 Å². The van der Waals surface area contributed by atoms with Gasteiger partial charge in [0.05, 0.1) is 22.8 Å². The maximum atomic E-state index is 9.59. The number of hydrogen-bond donors (Lipinski definition) is 0. The molecule has 5 nitrogen and oxygen atoms in total. The Morgan fingerprint density at radius 2 is 2.05 bits per heavy atom. The number of para-hydroxylation sites is 2. The van der Waals surface area contributed by atoms with Crippen molar-refractivity contribution < 1.29 is 0 Å². The van der Waals surface area contributed by atoms with Crippen molar-refractivity contribution in [1.82, 2.24) is 19.5 Å². The largest absolute Gasteiger partial charge is 0.330 e. The minimum atomic E-state index is -0.581. The van der Waals surface area contributed by atoms with Crippen molar-refractivity contribution in [2.45, 2.75) is 12.8 Å². The lowest BCUT2D eigenvalue weighted by molar-refractivity contribution is 0.776. The van der Waals surface area contributed by atoms with Crippen molar-refractivity contribution in [2.75, 3.05) is 0 Å². The predicted molar refractivity (Wildman–Crippen MR) is 79.9 cm³/mol. The summed E-state index contributed by atoms with van der Waals surface area (Å²) < 4.78 is 1.92. The molecule has 0 N–H and O–H groups in total. The molecule has 0 fully saturated rings. The molecule has 0 saturated heterocycles. The summed E-state index contributed by atoms with van der Waals surface area (Å²) in [6.45, 7) is 1.86. The third-order valence-electron chi connectivity index (χ3n) is 3.46. The van der Waals surface area contributed by atoms with Gasteiger partial charge >= 0.3 is 0 Å². The molecule has 0 saturated carbocycles. The Bertz CT molecular complexity index is 862. The standard InChI is InChI=1S/C15H12ClN5/c1-9-8-18-15(16)20-13(9)10(7-17)14-19-11-5-3-4-6-12(11)21(14)2/h3-6,8,10H,1-2H3. The summed E-state index contributed by atoms with van der Waals surface area (Å²) in [6, 6.07) is 10.0. The highest BCUT2D eigenvalue weighted by Crippen LogP contribution is 2.27. The number of fused-ring (bicyclic) bond motifs is 1. The van der Waals surface area contributed by atoms with Gasteiger partial charge in [0, 0.05) is 13.2 Å². The average molecular weight is 298 g/mol. The third kappa shape index (κ3) is 2.24. The van der Waals surface area contributed by atoms with Crippen molar-refractivity contribution in [3.8, 4) is 6.07 Å². The van der Waals surface area contributed by atoms with E-state index >= 15 is 0 Å². The summed E-state index contributed by atoms with van der Waals surface area (Å²) in [5, 5.41) is 9.72. The van der Waals surface area contributed by atoms with Gasteiger partial charge in [-0.25, -0.2) is 15.0 Å². The van der Waals surface area contributed by atoms with E-state index in [0.717, 1.165) is 16.6 Å². The number of hydrogen-bond acceptors (Lipinski definition) is 4. The zero-order valence-electron chi connectivity index (χ0n) is 11.6. The highest BCUT2D eigenvalue weighted by atomic mass is 35.5. The smallest absolute Gasteiger partial charge is 0.222 e. The van der Waals surface area contributed by atoms with E-state index in [4.69, 9.17) is 11.6 Å². The molecule has 3 rings (SSSR count). The van der Waals surface area contributed by atoms with Gasteiger partial charge in [-0.1, -0.05) is 12.1 Å². The monoisotopic (exact) mass is 297 g/mol. The number of halogens is 1. The van der Waals surface area contributed by atoms with E-state index in [0.29, 0.717) is 11.5 Å². The molecule has 0 spiro atoms. The highest BCUT2D eigenvalue weighted by molar-refractivity contribution is 6.28. The van der Waals surface area contributed by atoms with Crippen LogP contribution in [0.5, 0.6) is 0 Å². The van der Waals surface area contributed by atoms with Crippen molar-refractivity contribution in [1.29, 1.82) is 5.26 Å². The zero-order valence-corrected chi connectivity index (χ0v) is 12.3. The number of nitrogens with zero attached hydrogens (tertiary/aromatic N) is 5. The van der Waals surface area contributed by atoms with Crippen molar-refractivity contribution in [3.63, 3.8) is 0 Å². The summed E-state index contributed by atoms with van der Waals surface area (Å²) >= 11 is 5.86. The fourth-order valence-corrected chi connectivity index (χ4v) is 2.53. The summed E-state index contributed by atoms with van der Waals surface area (Å²) in [6.07, 6.45) is 1.62. The normalized spacial score (nSPS) is 12.3. The van der Waals surface area contributed by atoms with Crippen molar-refractivity contribution in [2.24, 2.45) is 7.05 Å². The predicted octanol–water partition coefficient (Wildman–Crippen LogP) is 2.98. The molecule has 6 heteroatoms. The van der Waals surface area contributed by atoms with Gasteiger partial charge in [-0.3, -0.25) is 0 Å². The van der Waals surface area contributed by atoms with Gasteiger partial charge < -0.3 is 4.57 Å². The van der Waals surface area contributed by atoms with Crippen LogP contribution in [-0.4, -0.2) is 19.5 Å². The second kappa shape index (κ2) is 5.15. The minimum absolute atomic E-state index is 0.134. The fourth-order valence-electron chi connectivity index (χ4n) is 2.39. The topological polar surface area (TPSA) is 67.4 Å². The Hall–Kier alpha value is -2.45. The maximum absolute atomic E-state index is 9.59. The molecule has 2 heterocycles. The van der Waals surface area contributed by atoms with Crippen LogP contribution in [0.15, 0.2) is 30.5 Å². The number of aryl methyl sites for hydroxylation is 2. The van der Waals surface area contributed by atoms with Gasteiger partial charge in [0.25, 0.3) is 0 Å². The molecular weight excluding hydrogens is 286 g/mol. The fraction of sp³-hybridized carbons (Fsp3) is 0.200. The molecular formula is C15H12ClN5. The van der Waals surface area contributed by atoms with Crippen LogP contribution >= 0.6 is 11.6 Å². The molecule has 0 aliphatic rings. The second-order valence-electron chi connectivity index (χ2n) is 4.79. The van der Waals surface area contributed by atoms with Crippen LogP contribution < -0.4 is 0 Å². The van der Waals surface area contributed by atoms with E-state index in [1.54, 1.807) is 6.20 Å². The van der Waals surface area contributed by atoms with Crippen LogP contribution in [0.3, 0.4) is 0 Å². The molecule has 0 radical (unpaired) electrons. The van der Waals surface area contributed by atoms with Crippen LogP contribution in [0.2, 0.25) is 5.28 Å². The van der Waals surface area contributed by atoms with E-state index in [9.17, 15) is 5.26 Å². The molecule has 0 amide bonds. The first-order chi connectivity index (χ1) is 10.1. The Morgan fingerprint density at radius 1 is 1.29 bits per heavy atom. The van der Waals surface area contributed by atoms with Gasteiger partial charge in [0.15, 0.2) is 0 Å². The number of imidazole rings is 1. The van der Waals surface area contributed by atoms with Crippen LogP contribution in [0.4, 0.5) is 0 Å². The Morgan fingerprint density at radius 3 is 2.76 bits per heavy atom. The number of aromatic nitrogens is 4. The molecule has 3 aromatic rings. The first kappa shape index (κ1) is 13.5. The van der Waals surface area contributed by atoms with Crippen LogP contribution in [0, 0.1) is 18.3 Å². The van der Waals surface area contributed by atoms with Crippen LogP contribution in [0.25, 0.3) is 11.0 Å². The molecule has 1 aromatic carbocycles. The van der Waals surface area contributed by atoms with Gasteiger partial charge in [0.2, 0.25) is 5.28 Å². The Labute approximate surface area is 126 Å². The van der Waals surface area contributed by atoms with E-state index in [2.05, 4.69) is 21.0 Å². The number of nitriles is 1. The highest BCUT2D eigenvalue weighted by Gasteiger charge is 2.23. The summed E-state index contributed by atoms with van der Waals surface area (Å²) in [5.41, 5.74) is 3.24. The molecule has 21 heavy (non-hydrogen) atoms. The van der Waals surface area contributed by atoms with E-state index < -0.39 is 5.92 Å². The first-order valence-corrected chi connectivity index (χ1v) is 6.79. The SMILES string of the molecule is Cc1cnc(Cl)nc1C(C#N)c1nc2ccccc2n1C. The molecule has 0 bridgehead atoms. The molecule has 1 atom stereocenters. The maximum Gasteiger partial charge on any atom is 0.222 e. The lowest BCUT2D eigenvalue weighted by Gasteiger charge is -2.11. The number of benzene rings is 1. The van der Waals surface area contributed by atoms with Crippen LogP contribution in [-0.2, 0) is 7.05 Å². The van der Waals surface area contributed by atoms with Gasteiger partial charge in [-0.2, -0.15) is 5.26 Å². The van der Waals surface area contributed by atoms with E-state index in [-0.39, 0.29) is 5.28 Å². The average Bonchev–Trinajstić information content (AvgIpc) is 2.81. The molecule has 0 aliphatic carbocycles. The Balaban J connectivity index is 2.21. The van der Waals surface area contributed by atoms with E-state index in [1.807, 2.05) is 42.8 Å². The summed E-state index contributed by atoms with van der Waals surface area (Å²) in [7, 11) is 1.90. The molecule has 0 aliphatic heterocycles. The third-order valence-corrected chi connectivity index (χ3v) is 3.65. The number of rotatable bonds is 2. The first-order valence-electron chi connectivity index (χ1n) is 6.42. The summed E-state index contributed by atoms with van der Waals surface area (Å²) in [4.78, 5) is 12.7. The molecule has 2 aromatic heterocycles. The van der Waals surface area contributed by atoms with Gasteiger partial charge in [-0.05, 0) is 36.2 Å². The molecule has 104 valence electrons. The minimum Gasteiger partial charge on any atom is -0.330 e. The van der Waals surface area contributed by atoms with Crippen molar-refractivity contribution >= 4 is 22.6 Å². The van der Waals surface area contributed by atoms with Crippen LogP contribution in [0.1, 0.15) is 23.0 Å². The summed E-state index contributed by atoms with van der Waals surface area (Å²) in [5.74, 6) is 0.0690. The van der Waals surface area contributed by atoms with E-state index in [1.165, 1.54) is 0 Å². The lowest BCUT2D eigenvalue weighted by Crippen LogP contribution is -2.10. The lowest BCUT2D eigenvalue weighted by atomic mass is 10.0. The Kier molecular flexibility index (Phi) is 3.32. The zero-order chi connectivity index (χ0) is 15.0. The van der Waals surface area contributed by atoms with Gasteiger partial charge in [-0.15, -0.1) is 0 Å².